The highest BCUT2D eigenvalue weighted by Gasteiger charge is 2.35. The number of fused-ring (bicyclic) bond motifs is 3. The number of rotatable bonds is 8. The average molecular weight is 642 g/mol. The Morgan fingerprint density at radius 1 is 1.06 bits per heavy atom. The quantitative estimate of drug-likeness (QED) is 0.259. The summed E-state index contributed by atoms with van der Waals surface area (Å²) in [5, 5.41) is 16.9. The lowest BCUT2D eigenvalue weighted by Crippen LogP contribution is -2.50. The summed E-state index contributed by atoms with van der Waals surface area (Å²) in [6, 6.07) is 17.3. The van der Waals surface area contributed by atoms with E-state index in [1.165, 1.54) is 4.90 Å². The Kier molecular flexibility index (Phi) is 8.95. The number of anilines is 2. The molecule has 3 N–H and O–H groups in total. The van der Waals surface area contributed by atoms with Gasteiger partial charge in [0.1, 0.15) is 6.10 Å². The highest BCUT2D eigenvalue weighted by Crippen LogP contribution is 2.36. The molecule has 6 rings (SSSR count). The van der Waals surface area contributed by atoms with Crippen LogP contribution in [0.2, 0.25) is 0 Å². The number of urea groups is 1. The first-order chi connectivity index (χ1) is 22.6. The average Bonchev–Trinajstić information content (AvgIpc) is 3.66. The van der Waals surface area contributed by atoms with Gasteiger partial charge in [-0.2, -0.15) is 0 Å². The molecule has 0 aliphatic carbocycles. The van der Waals surface area contributed by atoms with Crippen molar-refractivity contribution in [3.05, 3.63) is 78.0 Å². The normalized spacial score (nSPS) is 17.7. The summed E-state index contributed by atoms with van der Waals surface area (Å²) >= 11 is 0. The van der Waals surface area contributed by atoms with E-state index in [4.69, 9.17) is 14.2 Å². The van der Waals surface area contributed by atoms with Crippen molar-refractivity contribution in [2.45, 2.75) is 32.4 Å². The third-order valence-corrected chi connectivity index (χ3v) is 8.72. The fourth-order valence-electron chi connectivity index (χ4n) is 6.04. The lowest BCUT2D eigenvalue weighted by Gasteiger charge is -2.38. The maximum atomic E-state index is 13.9. The highest BCUT2D eigenvalue weighted by atomic mass is 16.7. The van der Waals surface area contributed by atoms with Crippen molar-refractivity contribution in [1.82, 2.24) is 14.4 Å². The Morgan fingerprint density at radius 3 is 2.66 bits per heavy atom. The van der Waals surface area contributed by atoms with Gasteiger partial charge in [0.2, 0.25) is 12.7 Å². The number of nitrogens with one attached hydrogen (secondary N) is 2. The van der Waals surface area contributed by atoms with Gasteiger partial charge in [-0.25, -0.2) is 4.79 Å². The monoisotopic (exact) mass is 641 g/mol. The molecule has 47 heavy (non-hydrogen) atoms. The molecule has 0 saturated carbocycles. The molecule has 0 fully saturated rings. The molecule has 3 atom stereocenters. The van der Waals surface area contributed by atoms with Gasteiger partial charge in [0, 0.05) is 55.4 Å². The predicted octanol–water partition coefficient (Wildman–Crippen LogP) is 4.47. The number of aliphatic hydroxyl groups excluding tert-OH is 1. The zero-order valence-corrected chi connectivity index (χ0v) is 26.9. The number of hydrogen-bond acceptors (Lipinski definition) is 7. The van der Waals surface area contributed by atoms with E-state index in [9.17, 15) is 19.5 Å². The van der Waals surface area contributed by atoms with Crippen molar-refractivity contribution in [2.75, 3.05) is 44.2 Å². The van der Waals surface area contributed by atoms with Gasteiger partial charge >= 0.3 is 6.03 Å². The van der Waals surface area contributed by atoms with Crippen molar-refractivity contribution < 1.29 is 33.7 Å². The largest absolute Gasteiger partial charge is 0.485 e. The minimum atomic E-state index is -0.570. The van der Waals surface area contributed by atoms with Crippen molar-refractivity contribution >= 4 is 40.1 Å². The number of aromatic nitrogens is 1. The molecule has 246 valence electrons. The SMILES string of the molecule is C[C@H](CO)N1C[C@H](C)[C@@H](CN(C)C(=O)Nc2ccc3c(c2)OCO3)Oc2c(NC(=O)Cc3cn(C)c4ccccc34)cccc2C1=O. The summed E-state index contributed by atoms with van der Waals surface area (Å²) in [6.45, 7) is 4.09. The van der Waals surface area contributed by atoms with Crippen LogP contribution in [0.1, 0.15) is 29.8 Å². The summed E-state index contributed by atoms with van der Waals surface area (Å²) in [5.74, 6) is 0.561. The number of para-hydroxylation sites is 2. The van der Waals surface area contributed by atoms with Crippen LogP contribution in [0.15, 0.2) is 66.9 Å². The van der Waals surface area contributed by atoms with E-state index in [1.54, 1.807) is 55.3 Å². The molecule has 12 heteroatoms. The second kappa shape index (κ2) is 13.2. The first kappa shape index (κ1) is 31.7. The number of carbonyl (C=O) groups excluding carboxylic acids is 3. The van der Waals surface area contributed by atoms with Crippen LogP contribution in [0.25, 0.3) is 10.9 Å². The first-order valence-corrected chi connectivity index (χ1v) is 15.6. The zero-order chi connectivity index (χ0) is 33.2. The van der Waals surface area contributed by atoms with Crippen molar-refractivity contribution in [2.24, 2.45) is 13.0 Å². The number of aryl methyl sites for hydroxylation is 1. The number of amides is 4. The van der Waals surface area contributed by atoms with Crippen molar-refractivity contribution in [1.29, 1.82) is 0 Å². The minimum Gasteiger partial charge on any atom is -0.485 e. The standard InChI is InChI=1S/C35H39N5O7/c1-21-16-40(22(2)19-41)34(43)26-9-7-10-27(37-32(42)14-23-17-38(3)28-11-6-5-8-25(23)28)33(26)47-31(21)18-39(4)35(44)36-24-12-13-29-30(15-24)46-20-45-29/h5-13,15,17,21-22,31,41H,14,16,18-20H2,1-4H3,(H,36,44)(H,37,42)/t21-,22+,31+/m0/s1. The number of benzene rings is 3. The number of hydrogen-bond donors (Lipinski definition) is 3. The van der Waals surface area contributed by atoms with Gasteiger partial charge < -0.3 is 44.3 Å². The van der Waals surface area contributed by atoms with Crippen molar-refractivity contribution in [3.8, 4) is 17.2 Å². The first-order valence-electron chi connectivity index (χ1n) is 15.6. The van der Waals surface area contributed by atoms with Gasteiger partial charge in [-0.15, -0.1) is 0 Å². The summed E-state index contributed by atoms with van der Waals surface area (Å²) < 4.78 is 19.4. The molecule has 12 nitrogen and oxygen atoms in total. The van der Waals surface area contributed by atoms with E-state index in [0.29, 0.717) is 29.4 Å². The molecule has 0 bridgehead atoms. The van der Waals surface area contributed by atoms with Crippen LogP contribution >= 0.6 is 0 Å². The molecule has 3 heterocycles. The van der Waals surface area contributed by atoms with E-state index in [-0.39, 0.29) is 61.4 Å². The highest BCUT2D eigenvalue weighted by molar-refractivity contribution is 6.02. The molecule has 4 amide bonds. The maximum Gasteiger partial charge on any atom is 0.321 e. The van der Waals surface area contributed by atoms with Gasteiger partial charge in [0.15, 0.2) is 17.2 Å². The summed E-state index contributed by atoms with van der Waals surface area (Å²) in [6.07, 6.45) is 1.49. The zero-order valence-electron chi connectivity index (χ0n) is 26.9. The van der Waals surface area contributed by atoms with Gasteiger partial charge in [0.05, 0.1) is 36.9 Å². The lowest BCUT2D eigenvalue weighted by atomic mass is 9.99. The Bertz CT molecular complexity index is 1820. The van der Waals surface area contributed by atoms with Crippen LogP contribution in [-0.4, -0.2) is 83.0 Å². The number of ether oxygens (including phenoxy) is 3. The Morgan fingerprint density at radius 2 is 1.85 bits per heavy atom. The van der Waals surface area contributed by atoms with Gasteiger partial charge in [0.25, 0.3) is 5.91 Å². The Hall–Kier alpha value is -5.23. The van der Waals surface area contributed by atoms with E-state index < -0.39 is 12.1 Å². The topological polar surface area (TPSA) is 135 Å². The Labute approximate surface area is 272 Å². The lowest BCUT2D eigenvalue weighted by molar-refractivity contribution is -0.115. The molecule has 3 aromatic carbocycles. The predicted molar refractivity (Wildman–Crippen MR) is 177 cm³/mol. The smallest absolute Gasteiger partial charge is 0.321 e. The molecule has 0 saturated heterocycles. The Balaban J connectivity index is 1.25. The molecule has 4 aromatic rings. The molecule has 1 aromatic heterocycles. The summed E-state index contributed by atoms with van der Waals surface area (Å²) in [7, 11) is 3.60. The van der Waals surface area contributed by atoms with Crippen LogP contribution in [0, 0.1) is 5.92 Å². The number of nitrogens with zero attached hydrogens (tertiary/aromatic N) is 3. The van der Waals surface area contributed by atoms with E-state index in [2.05, 4.69) is 10.6 Å². The molecule has 2 aliphatic rings. The molecule has 0 radical (unpaired) electrons. The van der Waals surface area contributed by atoms with E-state index in [1.807, 2.05) is 49.0 Å². The van der Waals surface area contributed by atoms with Crippen LogP contribution in [0.4, 0.5) is 16.2 Å². The van der Waals surface area contributed by atoms with Crippen LogP contribution in [0.3, 0.4) is 0 Å². The molecule has 2 aliphatic heterocycles. The van der Waals surface area contributed by atoms with E-state index >= 15 is 0 Å². The number of likely N-dealkylation sites (N-methyl/N-ethyl adjacent to an activating group) is 1. The maximum absolute atomic E-state index is 13.9. The van der Waals surface area contributed by atoms with Gasteiger partial charge in [-0.1, -0.05) is 31.2 Å². The van der Waals surface area contributed by atoms with Gasteiger partial charge in [-0.05, 0) is 42.8 Å². The second-order valence-corrected chi connectivity index (χ2v) is 12.2. The van der Waals surface area contributed by atoms with Crippen LogP contribution in [0.5, 0.6) is 17.2 Å². The van der Waals surface area contributed by atoms with Crippen LogP contribution in [-0.2, 0) is 18.3 Å². The van der Waals surface area contributed by atoms with E-state index in [0.717, 1.165) is 16.5 Å². The molecule has 0 unspecified atom stereocenters. The third-order valence-electron chi connectivity index (χ3n) is 8.72. The minimum absolute atomic E-state index is 0.120. The third kappa shape index (κ3) is 6.54. The fraction of sp³-hybridized carbons (Fsp3) is 0.343. The second-order valence-electron chi connectivity index (χ2n) is 12.2. The molecule has 0 spiro atoms. The summed E-state index contributed by atoms with van der Waals surface area (Å²) in [4.78, 5) is 43.7. The molecular weight excluding hydrogens is 602 g/mol. The molecular formula is C35H39N5O7. The van der Waals surface area contributed by atoms with Gasteiger partial charge in [-0.3, -0.25) is 9.59 Å². The number of aliphatic hydroxyl groups is 1. The summed E-state index contributed by atoms with van der Waals surface area (Å²) in [5.41, 5.74) is 3.06. The van der Waals surface area contributed by atoms with Crippen molar-refractivity contribution in [3.63, 3.8) is 0 Å². The van der Waals surface area contributed by atoms with Crippen LogP contribution < -0.4 is 24.8 Å². The number of carbonyl (C=O) groups is 3. The fourth-order valence-corrected chi connectivity index (χ4v) is 6.04.